The highest BCUT2D eigenvalue weighted by Gasteiger charge is 2.39. The van der Waals surface area contributed by atoms with Crippen LogP contribution in [0, 0.1) is 0 Å². The first-order chi connectivity index (χ1) is 13.5. The first-order valence-corrected chi connectivity index (χ1v) is 9.45. The fourth-order valence-electron chi connectivity index (χ4n) is 3.28. The molecule has 0 amide bonds. The lowest BCUT2D eigenvalue weighted by atomic mass is 9.96. The molecule has 2 aromatic heterocycles. The number of alkyl halides is 6. The van der Waals surface area contributed by atoms with E-state index in [1.807, 2.05) is 0 Å². The number of hydrogen-bond donors (Lipinski definition) is 2. The van der Waals surface area contributed by atoms with Crippen molar-refractivity contribution in [2.75, 3.05) is 6.54 Å². The average Bonchev–Trinajstić information content (AvgIpc) is 2.98. The number of halogens is 7. The third-order valence-electron chi connectivity index (χ3n) is 4.51. The summed E-state index contributed by atoms with van der Waals surface area (Å²) < 4.78 is 81.3. The number of aromatic nitrogens is 2. The third-order valence-corrected chi connectivity index (χ3v) is 4.94. The lowest BCUT2D eigenvalue weighted by Gasteiger charge is -2.14. The van der Waals surface area contributed by atoms with Crippen LogP contribution in [-0.4, -0.2) is 16.5 Å². The van der Waals surface area contributed by atoms with Crippen LogP contribution in [-0.2, 0) is 18.8 Å². The van der Waals surface area contributed by atoms with Crippen LogP contribution in [0.5, 0.6) is 0 Å². The summed E-state index contributed by atoms with van der Waals surface area (Å²) in [7, 11) is 0. The van der Waals surface area contributed by atoms with Gasteiger partial charge in [0.25, 0.3) is 0 Å². The van der Waals surface area contributed by atoms with E-state index in [1.54, 1.807) is 6.07 Å². The molecule has 0 aliphatic carbocycles. The molecule has 0 saturated heterocycles. The van der Waals surface area contributed by atoms with Gasteiger partial charge in [-0.15, -0.1) is 0 Å². The van der Waals surface area contributed by atoms with Crippen molar-refractivity contribution in [3.05, 3.63) is 51.8 Å². The first kappa shape index (κ1) is 21.6. The Labute approximate surface area is 170 Å². The second kappa shape index (κ2) is 7.98. The highest BCUT2D eigenvalue weighted by Crippen LogP contribution is 2.43. The molecule has 2 heterocycles. The van der Waals surface area contributed by atoms with Crippen molar-refractivity contribution in [1.29, 1.82) is 0 Å². The molecule has 156 valence electrons. The molecule has 0 aliphatic heterocycles. The summed E-state index contributed by atoms with van der Waals surface area (Å²) >= 11 is 3.25. The normalized spacial score (nSPS) is 12.7. The number of aryl methyl sites for hydroxylation is 1. The molecular weight excluding hydrogens is 464 g/mol. The molecule has 0 spiro atoms. The highest BCUT2D eigenvalue weighted by molar-refractivity contribution is 9.10. The van der Waals surface area contributed by atoms with Crippen LogP contribution in [0.25, 0.3) is 22.2 Å². The van der Waals surface area contributed by atoms with Crippen LogP contribution < -0.4 is 5.73 Å². The van der Waals surface area contributed by atoms with Gasteiger partial charge in [0, 0.05) is 33.3 Å². The van der Waals surface area contributed by atoms with Gasteiger partial charge in [0.05, 0.1) is 16.8 Å². The van der Waals surface area contributed by atoms with Gasteiger partial charge in [-0.1, -0.05) is 0 Å². The van der Waals surface area contributed by atoms with Crippen LogP contribution in [0.4, 0.5) is 26.3 Å². The smallest absolute Gasteiger partial charge is 0.354 e. The molecule has 0 bridgehead atoms. The molecule has 3 nitrogen and oxygen atoms in total. The fraction of sp³-hybridized carbons (Fsp3) is 0.316. The number of pyridine rings is 1. The zero-order valence-electron chi connectivity index (χ0n) is 14.9. The van der Waals surface area contributed by atoms with Gasteiger partial charge in [-0.2, -0.15) is 26.3 Å². The molecule has 3 N–H and O–H groups in total. The van der Waals surface area contributed by atoms with Gasteiger partial charge in [0.1, 0.15) is 0 Å². The molecular formula is C19H16BrF6N3. The number of rotatable bonds is 5. The first-order valence-electron chi connectivity index (χ1n) is 8.66. The van der Waals surface area contributed by atoms with Gasteiger partial charge in [0.15, 0.2) is 0 Å². The molecule has 0 fully saturated rings. The number of hydrogen-bond acceptors (Lipinski definition) is 2. The molecule has 0 saturated carbocycles. The zero-order valence-corrected chi connectivity index (χ0v) is 16.5. The van der Waals surface area contributed by atoms with E-state index in [9.17, 15) is 26.3 Å². The van der Waals surface area contributed by atoms with Gasteiger partial charge in [-0.3, -0.25) is 4.98 Å². The minimum absolute atomic E-state index is 0.172. The van der Waals surface area contributed by atoms with Crippen molar-refractivity contribution in [2.45, 2.75) is 31.6 Å². The number of nitrogens with one attached hydrogen (secondary N) is 1. The second-order valence-corrected chi connectivity index (χ2v) is 7.47. The topological polar surface area (TPSA) is 54.7 Å². The van der Waals surface area contributed by atoms with Crippen molar-refractivity contribution >= 4 is 26.8 Å². The van der Waals surface area contributed by atoms with Crippen molar-refractivity contribution in [3.63, 3.8) is 0 Å². The summed E-state index contributed by atoms with van der Waals surface area (Å²) in [5.74, 6) is 0. The Morgan fingerprint density at radius 3 is 2.28 bits per heavy atom. The Morgan fingerprint density at radius 1 is 0.966 bits per heavy atom. The largest absolute Gasteiger partial charge is 0.417 e. The van der Waals surface area contributed by atoms with E-state index in [-0.39, 0.29) is 23.4 Å². The maximum absolute atomic E-state index is 13.7. The van der Waals surface area contributed by atoms with E-state index < -0.39 is 23.5 Å². The maximum atomic E-state index is 13.7. The van der Waals surface area contributed by atoms with Crippen molar-refractivity contribution < 1.29 is 26.3 Å². The Kier molecular flexibility index (Phi) is 5.96. The van der Waals surface area contributed by atoms with Crippen LogP contribution in [0.15, 0.2) is 35.1 Å². The van der Waals surface area contributed by atoms with E-state index in [0.717, 1.165) is 0 Å². The number of benzene rings is 1. The summed E-state index contributed by atoms with van der Waals surface area (Å²) in [6.07, 6.45) is -5.61. The van der Waals surface area contributed by atoms with E-state index in [4.69, 9.17) is 5.73 Å². The number of fused-ring (bicyclic) bond motifs is 1. The fourth-order valence-corrected chi connectivity index (χ4v) is 3.64. The Hall–Kier alpha value is -2.07. The average molecular weight is 480 g/mol. The van der Waals surface area contributed by atoms with Crippen LogP contribution in [0.2, 0.25) is 0 Å². The molecule has 29 heavy (non-hydrogen) atoms. The molecule has 0 aliphatic rings. The lowest BCUT2D eigenvalue weighted by Crippen LogP contribution is -2.11. The minimum atomic E-state index is -4.95. The summed E-state index contributed by atoms with van der Waals surface area (Å²) in [4.78, 5) is 6.77. The number of H-pyrrole nitrogens is 1. The van der Waals surface area contributed by atoms with Gasteiger partial charge in [0.2, 0.25) is 0 Å². The van der Waals surface area contributed by atoms with E-state index >= 15 is 0 Å². The predicted molar refractivity (Wildman–Crippen MR) is 101 cm³/mol. The van der Waals surface area contributed by atoms with Gasteiger partial charge in [-0.25, -0.2) is 0 Å². The van der Waals surface area contributed by atoms with Crippen LogP contribution in [0.1, 0.15) is 29.5 Å². The minimum Gasteiger partial charge on any atom is -0.354 e. The molecule has 3 aromatic rings. The summed E-state index contributed by atoms with van der Waals surface area (Å²) in [6, 6.07) is 2.53. The molecule has 1 aromatic carbocycles. The standard InChI is InChI=1S/C19H16BrF6N3/c20-12-5-10(8-28-9-12)17-13(3-1-2-4-27)16-14(19(24,25)26)6-11(18(21,22)23)7-15(16)29-17/h5-9,29H,1-4,27H2. The molecule has 3 rings (SSSR count). The van der Waals surface area contributed by atoms with Crippen molar-refractivity contribution in [2.24, 2.45) is 5.73 Å². The van der Waals surface area contributed by atoms with Crippen molar-refractivity contribution in [3.8, 4) is 11.3 Å². The number of nitrogens with two attached hydrogens (primary N) is 1. The van der Waals surface area contributed by atoms with E-state index in [2.05, 4.69) is 25.9 Å². The SMILES string of the molecule is NCCCCc1c(-c2cncc(Br)c2)[nH]c2cc(C(F)(F)F)cc(C(F)(F)F)c12. The Bertz CT molecular complexity index is 1020. The van der Waals surface area contributed by atoms with E-state index in [1.165, 1.54) is 12.4 Å². The highest BCUT2D eigenvalue weighted by atomic mass is 79.9. The quantitative estimate of drug-likeness (QED) is 0.332. The van der Waals surface area contributed by atoms with Gasteiger partial charge >= 0.3 is 12.4 Å². The third kappa shape index (κ3) is 4.58. The molecule has 0 atom stereocenters. The molecule has 0 unspecified atom stereocenters. The number of unbranched alkanes of at least 4 members (excludes halogenated alkanes) is 1. The van der Waals surface area contributed by atoms with Crippen LogP contribution in [0.3, 0.4) is 0 Å². The number of aromatic amines is 1. The molecule has 0 radical (unpaired) electrons. The summed E-state index contributed by atoms with van der Waals surface area (Å²) in [6.45, 7) is 0.362. The zero-order chi connectivity index (χ0) is 21.4. The predicted octanol–water partition coefficient (Wildman–Crippen LogP) is 6.31. The monoisotopic (exact) mass is 479 g/mol. The summed E-state index contributed by atoms with van der Waals surface area (Å²) in [5.41, 5.74) is 3.69. The lowest BCUT2D eigenvalue weighted by molar-refractivity contribution is -0.142. The Morgan fingerprint density at radius 2 is 1.69 bits per heavy atom. The second-order valence-electron chi connectivity index (χ2n) is 6.56. The van der Waals surface area contributed by atoms with Crippen molar-refractivity contribution in [1.82, 2.24) is 9.97 Å². The molecule has 10 heteroatoms. The van der Waals surface area contributed by atoms with E-state index in [0.29, 0.717) is 46.7 Å². The van der Waals surface area contributed by atoms with Gasteiger partial charge < -0.3 is 10.7 Å². The number of nitrogens with zero attached hydrogens (tertiary/aromatic N) is 1. The maximum Gasteiger partial charge on any atom is 0.417 e. The Balaban J connectivity index is 2.34. The summed E-state index contributed by atoms with van der Waals surface area (Å²) in [5, 5.41) is -0.252. The van der Waals surface area contributed by atoms with Gasteiger partial charge in [-0.05, 0) is 65.5 Å². The van der Waals surface area contributed by atoms with Crippen LogP contribution >= 0.6 is 15.9 Å².